The van der Waals surface area contributed by atoms with Crippen LogP contribution in [0.1, 0.15) is 11.3 Å². The summed E-state index contributed by atoms with van der Waals surface area (Å²) >= 11 is 6.05. The Bertz CT molecular complexity index is 761. The highest BCUT2D eigenvalue weighted by atomic mass is 35.5. The average Bonchev–Trinajstić information content (AvgIpc) is 2.73. The van der Waals surface area contributed by atoms with Gasteiger partial charge in [0.1, 0.15) is 12.4 Å². The van der Waals surface area contributed by atoms with E-state index < -0.39 is 0 Å². The minimum absolute atomic E-state index is 0.548. The zero-order valence-corrected chi connectivity index (χ0v) is 12.3. The van der Waals surface area contributed by atoms with E-state index in [0.717, 1.165) is 22.0 Å². The average molecular weight is 286 g/mol. The summed E-state index contributed by atoms with van der Waals surface area (Å²) in [5.74, 6) is 0.897. The lowest BCUT2D eigenvalue weighted by Gasteiger charge is -2.08. The van der Waals surface area contributed by atoms with Crippen molar-refractivity contribution in [3.05, 3.63) is 64.8 Å². The molecule has 0 aliphatic rings. The summed E-state index contributed by atoms with van der Waals surface area (Å²) in [6.07, 6.45) is 0. The Labute approximate surface area is 123 Å². The molecule has 0 saturated heterocycles. The Hall–Kier alpha value is -1.93. The molecule has 3 heteroatoms. The smallest absolute Gasteiger partial charge is 0.128 e. The molecule has 1 aromatic heterocycles. The Morgan fingerprint density at radius 3 is 2.75 bits per heavy atom. The highest BCUT2D eigenvalue weighted by Gasteiger charge is 2.07. The van der Waals surface area contributed by atoms with Crippen LogP contribution >= 0.6 is 11.6 Å². The molecule has 20 heavy (non-hydrogen) atoms. The van der Waals surface area contributed by atoms with Crippen LogP contribution in [0.2, 0.25) is 5.02 Å². The standard InChI is InChI=1S/C17H16ClNO/c1-12-4-3-5-16(8-12)20-11-15-9-13-6-7-14(18)10-17(13)19(15)2/h3-10H,11H2,1-2H3. The van der Waals surface area contributed by atoms with Crippen LogP contribution in [0.5, 0.6) is 5.75 Å². The largest absolute Gasteiger partial charge is 0.487 e. The summed E-state index contributed by atoms with van der Waals surface area (Å²) < 4.78 is 7.98. The molecule has 3 rings (SSSR count). The van der Waals surface area contributed by atoms with Gasteiger partial charge in [0.25, 0.3) is 0 Å². The predicted molar refractivity (Wildman–Crippen MR) is 83.4 cm³/mol. The molecule has 0 atom stereocenters. The summed E-state index contributed by atoms with van der Waals surface area (Å²) in [7, 11) is 2.04. The Balaban J connectivity index is 1.86. The maximum Gasteiger partial charge on any atom is 0.128 e. The molecule has 0 saturated carbocycles. The highest BCUT2D eigenvalue weighted by Crippen LogP contribution is 2.23. The van der Waals surface area contributed by atoms with E-state index in [1.165, 1.54) is 10.9 Å². The van der Waals surface area contributed by atoms with Crippen LogP contribution in [0.4, 0.5) is 0 Å². The summed E-state index contributed by atoms with van der Waals surface area (Å²) in [4.78, 5) is 0. The van der Waals surface area contributed by atoms with Gasteiger partial charge < -0.3 is 9.30 Å². The first kappa shape index (κ1) is 13.1. The zero-order valence-electron chi connectivity index (χ0n) is 11.6. The van der Waals surface area contributed by atoms with Crippen LogP contribution in [-0.4, -0.2) is 4.57 Å². The minimum atomic E-state index is 0.548. The number of aromatic nitrogens is 1. The third-order valence-electron chi connectivity index (χ3n) is 3.48. The van der Waals surface area contributed by atoms with E-state index in [4.69, 9.17) is 16.3 Å². The lowest BCUT2D eigenvalue weighted by atomic mass is 10.2. The van der Waals surface area contributed by atoms with Crippen LogP contribution in [0, 0.1) is 6.92 Å². The number of halogens is 1. The fourth-order valence-electron chi connectivity index (χ4n) is 2.36. The van der Waals surface area contributed by atoms with Crippen LogP contribution in [0.3, 0.4) is 0 Å². The second-order valence-corrected chi connectivity index (χ2v) is 5.44. The van der Waals surface area contributed by atoms with Crippen molar-refractivity contribution in [3.8, 4) is 5.75 Å². The van der Waals surface area contributed by atoms with E-state index in [1.54, 1.807) is 0 Å². The quantitative estimate of drug-likeness (QED) is 0.679. The molecule has 0 N–H and O–H groups in total. The van der Waals surface area contributed by atoms with Gasteiger partial charge in [0.05, 0.1) is 5.69 Å². The summed E-state index contributed by atoms with van der Waals surface area (Å²) in [6, 6.07) is 16.2. The van der Waals surface area contributed by atoms with Crippen LogP contribution in [0.25, 0.3) is 10.9 Å². The fraction of sp³-hybridized carbons (Fsp3) is 0.176. The van der Waals surface area contributed by atoms with Crippen molar-refractivity contribution in [2.24, 2.45) is 7.05 Å². The van der Waals surface area contributed by atoms with E-state index in [-0.39, 0.29) is 0 Å². The third-order valence-corrected chi connectivity index (χ3v) is 3.72. The third kappa shape index (κ3) is 2.52. The molecule has 0 aliphatic heterocycles. The topological polar surface area (TPSA) is 14.2 Å². The molecule has 0 radical (unpaired) electrons. The van der Waals surface area contributed by atoms with Gasteiger partial charge in [0.15, 0.2) is 0 Å². The predicted octanol–water partition coefficient (Wildman–Crippen LogP) is 4.72. The summed E-state index contributed by atoms with van der Waals surface area (Å²) in [6.45, 7) is 2.61. The molecule has 102 valence electrons. The molecule has 0 unspecified atom stereocenters. The molecular weight excluding hydrogens is 270 g/mol. The van der Waals surface area contributed by atoms with E-state index >= 15 is 0 Å². The van der Waals surface area contributed by atoms with Gasteiger partial charge in [0, 0.05) is 23.0 Å². The zero-order chi connectivity index (χ0) is 14.1. The van der Waals surface area contributed by atoms with Crippen molar-refractivity contribution in [2.45, 2.75) is 13.5 Å². The van der Waals surface area contributed by atoms with Crippen molar-refractivity contribution in [3.63, 3.8) is 0 Å². The van der Waals surface area contributed by atoms with E-state index in [1.807, 2.05) is 43.4 Å². The van der Waals surface area contributed by atoms with Gasteiger partial charge in [-0.15, -0.1) is 0 Å². The number of hydrogen-bond acceptors (Lipinski definition) is 1. The van der Waals surface area contributed by atoms with Gasteiger partial charge in [-0.2, -0.15) is 0 Å². The molecular formula is C17H16ClNO. The number of ether oxygens (including phenoxy) is 1. The minimum Gasteiger partial charge on any atom is -0.487 e. The van der Waals surface area contributed by atoms with Crippen LogP contribution < -0.4 is 4.74 Å². The number of rotatable bonds is 3. The van der Waals surface area contributed by atoms with E-state index in [2.05, 4.69) is 23.6 Å². The first-order valence-electron chi connectivity index (χ1n) is 6.57. The first-order chi connectivity index (χ1) is 9.63. The molecule has 0 spiro atoms. The van der Waals surface area contributed by atoms with Crippen molar-refractivity contribution in [2.75, 3.05) is 0 Å². The fourth-order valence-corrected chi connectivity index (χ4v) is 2.53. The van der Waals surface area contributed by atoms with Gasteiger partial charge >= 0.3 is 0 Å². The number of aryl methyl sites for hydroxylation is 2. The molecule has 0 amide bonds. The molecule has 3 aromatic rings. The number of benzene rings is 2. The van der Waals surface area contributed by atoms with Crippen molar-refractivity contribution >= 4 is 22.5 Å². The highest BCUT2D eigenvalue weighted by molar-refractivity contribution is 6.31. The van der Waals surface area contributed by atoms with Gasteiger partial charge in [-0.25, -0.2) is 0 Å². The second-order valence-electron chi connectivity index (χ2n) is 5.00. The molecule has 1 heterocycles. The summed E-state index contributed by atoms with van der Waals surface area (Å²) in [5, 5.41) is 1.93. The first-order valence-corrected chi connectivity index (χ1v) is 6.94. The molecule has 2 aromatic carbocycles. The number of fused-ring (bicyclic) bond motifs is 1. The van der Waals surface area contributed by atoms with Crippen LogP contribution in [-0.2, 0) is 13.7 Å². The van der Waals surface area contributed by atoms with E-state index in [0.29, 0.717) is 6.61 Å². The number of nitrogens with zero attached hydrogens (tertiary/aromatic N) is 1. The normalized spacial score (nSPS) is 10.9. The molecule has 0 fully saturated rings. The lowest BCUT2D eigenvalue weighted by molar-refractivity contribution is 0.297. The van der Waals surface area contributed by atoms with Crippen molar-refractivity contribution < 1.29 is 4.74 Å². The van der Waals surface area contributed by atoms with Gasteiger partial charge in [-0.3, -0.25) is 0 Å². The van der Waals surface area contributed by atoms with Crippen LogP contribution in [0.15, 0.2) is 48.5 Å². The molecule has 0 aliphatic carbocycles. The van der Waals surface area contributed by atoms with Gasteiger partial charge in [-0.05, 0) is 42.8 Å². The van der Waals surface area contributed by atoms with E-state index in [9.17, 15) is 0 Å². The SMILES string of the molecule is Cc1cccc(OCc2cc3ccc(Cl)cc3n2C)c1. The Kier molecular flexibility index (Phi) is 3.41. The Morgan fingerprint density at radius 2 is 1.95 bits per heavy atom. The molecule has 2 nitrogen and oxygen atoms in total. The monoisotopic (exact) mass is 285 g/mol. The summed E-state index contributed by atoms with van der Waals surface area (Å²) in [5.41, 5.74) is 3.45. The van der Waals surface area contributed by atoms with Gasteiger partial charge in [-0.1, -0.05) is 29.8 Å². The van der Waals surface area contributed by atoms with Gasteiger partial charge in [0.2, 0.25) is 0 Å². The maximum atomic E-state index is 6.05. The maximum absolute atomic E-state index is 6.05. The van der Waals surface area contributed by atoms with Crippen molar-refractivity contribution in [1.29, 1.82) is 0 Å². The number of hydrogen-bond donors (Lipinski definition) is 0. The molecule has 0 bridgehead atoms. The Morgan fingerprint density at radius 1 is 1.10 bits per heavy atom. The lowest BCUT2D eigenvalue weighted by Crippen LogP contribution is -2.01. The second kappa shape index (κ2) is 5.22. The van der Waals surface area contributed by atoms with Crippen molar-refractivity contribution in [1.82, 2.24) is 4.57 Å².